The maximum atomic E-state index is 13.4. The average molecular weight is 302 g/mol. The Balaban J connectivity index is 2.25. The summed E-state index contributed by atoms with van der Waals surface area (Å²) in [6, 6.07) is 3.06. The normalized spacial score (nSPS) is 10.2. The summed E-state index contributed by atoms with van der Waals surface area (Å²) < 4.78 is 13.5. The van der Waals surface area contributed by atoms with Gasteiger partial charge in [0.05, 0.1) is 11.3 Å². The van der Waals surface area contributed by atoms with Crippen LogP contribution in [0.25, 0.3) is 0 Å². The predicted octanol–water partition coefficient (Wildman–Crippen LogP) is 2.28. The molecule has 9 heteroatoms. The second kappa shape index (κ2) is 5.29. The maximum absolute atomic E-state index is 13.4. The molecule has 0 atom stereocenters. The van der Waals surface area contributed by atoms with Crippen molar-refractivity contribution in [2.45, 2.75) is 0 Å². The van der Waals surface area contributed by atoms with Crippen LogP contribution in [-0.2, 0) is 0 Å². The van der Waals surface area contributed by atoms with Gasteiger partial charge in [0.1, 0.15) is 5.82 Å². The summed E-state index contributed by atoms with van der Waals surface area (Å²) in [6.07, 6.45) is 0. The number of aromatic carboxylic acids is 1. The molecule has 0 saturated carbocycles. The molecule has 0 saturated heterocycles. The molecule has 0 fully saturated rings. The number of carbonyl (C=O) groups excluding carboxylic acids is 1. The van der Waals surface area contributed by atoms with Gasteiger partial charge >= 0.3 is 5.97 Å². The second-order valence-electron chi connectivity index (χ2n) is 3.31. The van der Waals surface area contributed by atoms with Crippen molar-refractivity contribution in [1.82, 2.24) is 10.2 Å². The molecule has 0 radical (unpaired) electrons. The number of amides is 1. The van der Waals surface area contributed by atoms with Gasteiger partial charge in [0, 0.05) is 0 Å². The molecule has 19 heavy (non-hydrogen) atoms. The predicted molar refractivity (Wildman–Crippen MR) is 66.2 cm³/mol. The average Bonchev–Trinajstić information content (AvgIpc) is 2.78. The quantitative estimate of drug-likeness (QED) is 0.907. The van der Waals surface area contributed by atoms with E-state index in [0.29, 0.717) is 0 Å². The standard InChI is InChI=1S/C10H5ClFN3O3S/c11-10-15-14-8(19-10)7(16)13-6-3-4(9(17)18)1-2-5(6)12/h1-3H,(H,13,16)(H,17,18). The van der Waals surface area contributed by atoms with Gasteiger partial charge in [-0.3, -0.25) is 4.79 Å². The van der Waals surface area contributed by atoms with Crippen molar-refractivity contribution in [3.63, 3.8) is 0 Å². The number of halogens is 2. The number of rotatable bonds is 3. The highest BCUT2D eigenvalue weighted by molar-refractivity contribution is 7.17. The summed E-state index contributed by atoms with van der Waals surface area (Å²) in [5, 5.41) is 17.9. The van der Waals surface area contributed by atoms with E-state index >= 15 is 0 Å². The molecular formula is C10H5ClFN3O3S. The molecule has 0 unspecified atom stereocenters. The first-order chi connectivity index (χ1) is 8.97. The smallest absolute Gasteiger partial charge is 0.335 e. The lowest BCUT2D eigenvalue weighted by Gasteiger charge is -2.05. The van der Waals surface area contributed by atoms with Crippen LogP contribution in [0.2, 0.25) is 4.47 Å². The van der Waals surface area contributed by atoms with Gasteiger partial charge in [0.15, 0.2) is 0 Å². The molecule has 0 aliphatic heterocycles. The molecule has 0 aliphatic rings. The Kier molecular flexibility index (Phi) is 3.72. The zero-order valence-electron chi connectivity index (χ0n) is 9.05. The van der Waals surface area contributed by atoms with Crippen molar-refractivity contribution in [2.75, 3.05) is 5.32 Å². The van der Waals surface area contributed by atoms with E-state index in [0.717, 1.165) is 29.5 Å². The number of hydrogen-bond acceptors (Lipinski definition) is 5. The van der Waals surface area contributed by atoms with E-state index in [-0.39, 0.29) is 20.7 Å². The number of benzene rings is 1. The molecule has 2 rings (SSSR count). The zero-order valence-corrected chi connectivity index (χ0v) is 10.6. The van der Waals surface area contributed by atoms with Gasteiger partial charge in [-0.05, 0) is 29.8 Å². The van der Waals surface area contributed by atoms with Gasteiger partial charge in [-0.1, -0.05) is 11.3 Å². The molecule has 1 aromatic heterocycles. The van der Waals surface area contributed by atoms with Gasteiger partial charge in [-0.25, -0.2) is 9.18 Å². The van der Waals surface area contributed by atoms with E-state index in [1.165, 1.54) is 0 Å². The summed E-state index contributed by atoms with van der Waals surface area (Å²) in [6.45, 7) is 0. The first-order valence-corrected chi connectivity index (χ1v) is 6.00. The molecule has 98 valence electrons. The maximum Gasteiger partial charge on any atom is 0.335 e. The number of carboxylic acids is 1. The number of nitrogens with zero attached hydrogens (tertiary/aromatic N) is 2. The first-order valence-electron chi connectivity index (χ1n) is 4.80. The summed E-state index contributed by atoms with van der Waals surface area (Å²) in [4.78, 5) is 22.4. The number of carboxylic acid groups (broad SMARTS) is 1. The molecule has 6 nitrogen and oxygen atoms in total. The minimum atomic E-state index is -1.23. The van der Waals surface area contributed by atoms with Crippen LogP contribution in [0.4, 0.5) is 10.1 Å². The van der Waals surface area contributed by atoms with E-state index in [1.54, 1.807) is 0 Å². The summed E-state index contributed by atoms with van der Waals surface area (Å²) in [7, 11) is 0. The van der Waals surface area contributed by atoms with Crippen LogP contribution in [-0.4, -0.2) is 27.2 Å². The van der Waals surface area contributed by atoms with E-state index in [4.69, 9.17) is 16.7 Å². The Morgan fingerprint density at radius 3 is 2.68 bits per heavy atom. The number of anilines is 1. The number of nitrogens with one attached hydrogen (secondary N) is 1. The molecule has 1 heterocycles. The summed E-state index contributed by atoms with van der Waals surface area (Å²) in [5.41, 5.74) is -0.400. The van der Waals surface area contributed by atoms with Gasteiger partial charge in [0.2, 0.25) is 9.47 Å². The molecule has 2 N–H and O–H groups in total. The van der Waals surface area contributed by atoms with Crippen LogP contribution in [0.3, 0.4) is 0 Å². The third kappa shape index (κ3) is 3.04. The topological polar surface area (TPSA) is 92.2 Å². The summed E-state index contributed by atoms with van der Waals surface area (Å²) in [5.74, 6) is -2.70. The van der Waals surface area contributed by atoms with Gasteiger partial charge < -0.3 is 10.4 Å². The van der Waals surface area contributed by atoms with Crippen molar-refractivity contribution in [1.29, 1.82) is 0 Å². The molecule has 2 aromatic rings. The zero-order chi connectivity index (χ0) is 14.0. The Morgan fingerprint density at radius 2 is 2.11 bits per heavy atom. The van der Waals surface area contributed by atoms with E-state index in [9.17, 15) is 14.0 Å². The van der Waals surface area contributed by atoms with E-state index in [1.807, 2.05) is 0 Å². The molecule has 0 bridgehead atoms. The minimum absolute atomic E-state index is 0.0508. The third-order valence-electron chi connectivity index (χ3n) is 2.06. The van der Waals surface area contributed by atoms with Crippen molar-refractivity contribution >= 4 is 40.5 Å². The fraction of sp³-hybridized carbons (Fsp3) is 0. The van der Waals surface area contributed by atoms with E-state index in [2.05, 4.69) is 15.5 Å². The Hall–Kier alpha value is -2.06. The lowest BCUT2D eigenvalue weighted by Crippen LogP contribution is -2.13. The number of hydrogen-bond donors (Lipinski definition) is 2. The Labute approximate surface area is 114 Å². The van der Waals surface area contributed by atoms with Crippen LogP contribution < -0.4 is 5.32 Å². The van der Waals surface area contributed by atoms with Crippen LogP contribution in [0.15, 0.2) is 18.2 Å². The highest BCUT2D eigenvalue weighted by atomic mass is 35.5. The van der Waals surface area contributed by atoms with Crippen molar-refractivity contribution in [3.05, 3.63) is 39.1 Å². The fourth-order valence-electron chi connectivity index (χ4n) is 1.23. The molecule has 0 spiro atoms. The monoisotopic (exact) mass is 301 g/mol. The minimum Gasteiger partial charge on any atom is -0.478 e. The SMILES string of the molecule is O=C(O)c1ccc(F)c(NC(=O)c2nnc(Cl)s2)c1. The van der Waals surface area contributed by atoms with Crippen LogP contribution >= 0.6 is 22.9 Å². The first kappa shape index (κ1) is 13.4. The Morgan fingerprint density at radius 1 is 1.37 bits per heavy atom. The molecule has 0 aliphatic carbocycles. The van der Waals surface area contributed by atoms with Crippen molar-refractivity contribution in [2.24, 2.45) is 0 Å². The molecule has 1 aromatic carbocycles. The molecule has 1 amide bonds. The third-order valence-corrected chi connectivity index (χ3v) is 3.07. The van der Waals surface area contributed by atoms with Crippen LogP contribution in [0, 0.1) is 5.82 Å². The fourth-order valence-corrected chi connectivity index (χ4v) is 1.95. The highest BCUT2D eigenvalue weighted by Crippen LogP contribution is 2.19. The highest BCUT2D eigenvalue weighted by Gasteiger charge is 2.15. The van der Waals surface area contributed by atoms with Crippen LogP contribution in [0.5, 0.6) is 0 Å². The van der Waals surface area contributed by atoms with Gasteiger partial charge in [-0.15, -0.1) is 10.2 Å². The van der Waals surface area contributed by atoms with E-state index < -0.39 is 17.7 Å². The number of carbonyl (C=O) groups is 2. The second-order valence-corrected chi connectivity index (χ2v) is 4.87. The largest absolute Gasteiger partial charge is 0.478 e. The number of aromatic nitrogens is 2. The van der Waals surface area contributed by atoms with Gasteiger partial charge in [-0.2, -0.15) is 0 Å². The lowest BCUT2D eigenvalue weighted by molar-refractivity contribution is 0.0696. The molecular weight excluding hydrogens is 297 g/mol. The van der Waals surface area contributed by atoms with Crippen LogP contribution in [0.1, 0.15) is 20.2 Å². The summed E-state index contributed by atoms with van der Waals surface area (Å²) >= 11 is 6.34. The lowest BCUT2D eigenvalue weighted by atomic mass is 10.2. The van der Waals surface area contributed by atoms with Gasteiger partial charge in [0.25, 0.3) is 5.91 Å². The Bertz CT molecular complexity index is 661. The van der Waals surface area contributed by atoms with Crippen molar-refractivity contribution < 1.29 is 19.1 Å². The van der Waals surface area contributed by atoms with Crippen molar-refractivity contribution in [3.8, 4) is 0 Å².